The van der Waals surface area contributed by atoms with E-state index in [9.17, 15) is 9.59 Å². The van der Waals surface area contributed by atoms with E-state index in [1.54, 1.807) is 19.2 Å². The average molecular weight is 271 g/mol. The fourth-order valence-corrected chi connectivity index (χ4v) is 1.50. The molecule has 0 bridgehead atoms. The fourth-order valence-electron chi connectivity index (χ4n) is 1.24. The molecule has 0 aliphatic carbocycles. The highest BCUT2D eigenvalue weighted by atomic mass is 35.5. The lowest BCUT2D eigenvalue weighted by atomic mass is 10.2. The van der Waals surface area contributed by atoms with Crippen molar-refractivity contribution < 1.29 is 14.3 Å². The van der Waals surface area contributed by atoms with Crippen molar-refractivity contribution in [1.29, 1.82) is 0 Å². The zero-order chi connectivity index (χ0) is 13.7. The summed E-state index contributed by atoms with van der Waals surface area (Å²) in [6.45, 7) is 2.05. The second-order valence-electron chi connectivity index (χ2n) is 3.69. The molecule has 98 valence electrons. The van der Waals surface area contributed by atoms with Gasteiger partial charge in [-0.2, -0.15) is 0 Å². The van der Waals surface area contributed by atoms with Crippen LogP contribution in [0.5, 0.6) is 0 Å². The Balaban J connectivity index is 2.70. The third kappa shape index (κ3) is 3.37. The van der Waals surface area contributed by atoms with Gasteiger partial charge in [0.1, 0.15) is 5.56 Å². The van der Waals surface area contributed by atoms with E-state index in [4.69, 9.17) is 22.1 Å². The Bertz CT molecular complexity index is 442. The Kier molecular flexibility index (Phi) is 4.97. The van der Waals surface area contributed by atoms with Crippen molar-refractivity contribution in [1.82, 2.24) is 4.90 Å². The molecule has 0 atom stereocenters. The largest absolute Gasteiger partial charge is 0.452 e. The quantitative estimate of drug-likeness (QED) is 0.666. The van der Waals surface area contributed by atoms with Crippen LogP contribution in [0.1, 0.15) is 17.3 Å². The molecule has 0 fully saturated rings. The van der Waals surface area contributed by atoms with Gasteiger partial charge >= 0.3 is 5.97 Å². The molecule has 0 radical (unpaired) electrons. The van der Waals surface area contributed by atoms with Gasteiger partial charge in [0.25, 0.3) is 5.91 Å². The number of nitrogens with zero attached hydrogens (tertiary/aromatic N) is 1. The molecule has 0 unspecified atom stereocenters. The summed E-state index contributed by atoms with van der Waals surface area (Å²) in [5.74, 6) is -0.979. The lowest BCUT2D eigenvalue weighted by Gasteiger charge is -2.14. The van der Waals surface area contributed by atoms with Crippen molar-refractivity contribution in [3.8, 4) is 0 Å². The molecular formula is C12H15ClN2O3. The van der Waals surface area contributed by atoms with Crippen LogP contribution in [0.15, 0.2) is 18.2 Å². The molecule has 6 heteroatoms. The molecule has 0 spiro atoms. The molecule has 2 N–H and O–H groups in total. The van der Waals surface area contributed by atoms with Gasteiger partial charge in [0, 0.05) is 19.3 Å². The highest BCUT2D eigenvalue weighted by Gasteiger charge is 2.17. The van der Waals surface area contributed by atoms with Crippen LogP contribution in [0.4, 0.5) is 5.69 Å². The molecule has 0 saturated carbocycles. The number of likely N-dealkylation sites (N-methyl/N-ethyl adjacent to an activating group) is 1. The number of anilines is 1. The van der Waals surface area contributed by atoms with Crippen molar-refractivity contribution in [3.05, 3.63) is 28.8 Å². The zero-order valence-corrected chi connectivity index (χ0v) is 11.0. The summed E-state index contributed by atoms with van der Waals surface area (Å²) in [5, 5.41) is 0.205. The van der Waals surface area contributed by atoms with Gasteiger partial charge in [-0.1, -0.05) is 17.7 Å². The van der Waals surface area contributed by atoms with Gasteiger partial charge in [0.15, 0.2) is 6.61 Å². The third-order valence-corrected chi connectivity index (χ3v) is 2.79. The molecule has 0 aliphatic rings. The van der Waals surface area contributed by atoms with Crippen LogP contribution in [-0.4, -0.2) is 37.0 Å². The van der Waals surface area contributed by atoms with E-state index in [1.807, 2.05) is 6.92 Å². The van der Waals surface area contributed by atoms with Gasteiger partial charge in [0.05, 0.1) is 5.02 Å². The third-order valence-electron chi connectivity index (χ3n) is 2.48. The van der Waals surface area contributed by atoms with Gasteiger partial charge in [0.2, 0.25) is 0 Å². The summed E-state index contributed by atoms with van der Waals surface area (Å²) in [5.41, 5.74) is 5.95. The average Bonchev–Trinajstić information content (AvgIpc) is 2.34. The maximum absolute atomic E-state index is 11.7. The molecule has 1 rings (SSSR count). The number of carbonyl (C=O) groups excluding carboxylic acids is 2. The standard InChI is InChI=1S/C12H15ClN2O3/c1-3-15(2)10(16)7-18-12(17)11-8(13)5-4-6-9(11)14/h4-6H,3,7,14H2,1-2H3. The van der Waals surface area contributed by atoms with Crippen LogP contribution < -0.4 is 5.73 Å². The van der Waals surface area contributed by atoms with Gasteiger partial charge in [-0.25, -0.2) is 4.79 Å². The van der Waals surface area contributed by atoms with E-state index in [0.29, 0.717) is 6.54 Å². The topological polar surface area (TPSA) is 72.6 Å². The smallest absolute Gasteiger partial charge is 0.342 e. The van der Waals surface area contributed by atoms with Gasteiger partial charge in [-0.15, -0.1) is 0 Å². The Labute approximate surface area is 110 Å². The Morgan fingerprint density at radius 1 is 1.44 bits per heavy atom. The fraction of sp³-hybridized carbons (Fsp3) is 0.333. The maximum atomic E-state index is 11.7. The lowest BCUT2D eigenvalue weighted by Crippen LogP contribution is -2.31. The predicted octanol–water partition coefficient (Wildman–Crippen LogP) is 1.56. The molecule has 1 aromatic carbocycles. The summed E-state index contributed by atoms with van der Waals surface area (Å²) in [6, 6.07) is 4.71. The second kappa shape index (κ2) is 6.26. The van der Waals surface area contributed by atoms with Crippen LogP contribution in [-0.2, 0) is 9.53 Å². The molecule has 0 aliphatic heterocycles. The summed E-state index contributed by atoms with van der Waals surface area (Å²) in [6.07, 6.45) is 0. The van der Waals surface area contributed by atoms with E-state index < -0.39 is 5.97 Å². The monoisotopic (exact) mass is 270 g/mol. The van der Waals surface area contributed by atoms with E-state index in [-0.39, 0.29) is 28.8 Å². The van der Waals surface area contributed by atoms with Crippen molar-refractivity contribution >= 4 is 29.2 Å². The van der Waals surface area contributed by atoms with Crippen LogP contribution in [0, 0.1) is 0 Å². The number of ether oxygens (including phenoxy) is 1. The van der Waals surface area contributed by atoms with Crippen LogP contribution in [0.3, 0.4) is 0 Å². The highest BCUT2D eigenvalue weighted by Crippen LogP contribution is 2.22. The number of nitrogens with two attached hydrogens (primary N) is 1. The zero-order valence-electron chi connectivity index (χ0n) is 10.3. The van der Waals surface area contributed by atoms with E-state index in [2.05, 4.69) is 0 Å². The first-order valence-electron chi connectivity index (χ1n) is 5.42. The van der Waals surface area contributed by atoms with E-state index in [0.717, 1.165) is 0 Å². The summed E-state index contributed by atoms with van der Waals surface area (Å²) in [4.78, 5) is 24.7. The molecule has 5 nitrogen and oxygen atoms in total. The first kappa shape index (κ1) is 14.3. The van der Waals surface area contributed by atoms with Crippen LogP contribution >= 0.6 is 11.6 Å². The SMILES string of the molecule is CCN(C)C(=O)COC(=O)c1c(N)cccc1Cl. The number of nitrogen functional groups attached to an aromatic ring is 1. The lowest BCUT2D eigenvalue weighted by molar-refractivity contribution is -0.133. The second-order valence-corrected chi connectivity index (χ2v) is 4.10. The van der Waals surface area contributed by atoms with Gasteiger partial charge in [-0.05, 0) is 19.1 Å². The predicted molar refractivity (Wildman–Crippen MR) is 69.5 cm³/mol. The number of hydrogen-bond acceptors (Lipinski definition) is 4. The molecule has 0 saturated heterocycles. The highest BCUT2D eigenvalue weighted by molar-refractivity contribution is 6.34. The number of carbonyl (C=O) groups is 2. The minimum atomic E-state index is -0.698. The van der Waals surface area contributed by atoms with Crippen molar-refractivity contribution in [2.45, 2.75) is 6.92 Å². The number of benzene rings is 1. The molecule has 1 aromatic rings. The maximum Gasteiger partial charge on any atom is 0.342 e. The summed E-state index contributed by atoms with van der Waals surface area (Å²) >= 11 is 5.85. The van der Waals surface area contributed by atoms with Gasteiger partial charge < -0.3 is 15.4 Å². The molecule has 1 amide bonds. The number of halogens is 1. The van der Waals surface area contributed by atoms with Crippen molar-refractivity contribution in [3.63, 3.8) is 0 Å². The van der Waals surface area contributed by atoms with Crippen molar-refractivity contribution in [2.75, 3.05) is 25.9 Å². The van der Waals surface area contributed by atoms with E-state index >= 15 is 0 Å². The van der Waals surface area contributed by atoms with Crippen LogP contribution in [0.2, 0.25) is 5.02 Å². The summed E-state index contributed by atoms with van der Waals surface area (Å²) < 4.78 is 4.88. The molecule has 18 heavy (non-hydrogen) atoms. The minimum absolute atomic E-state index is 0.0890. The molecular weight excluding hydrogens is 256 g/mol. The number of amides is 1. The molecule has 0 aromatic heterocycles. The Morgan fingerprint density at radius 3 is 2.67 bits per heavy atom. The Morgan fingerprint density at radius 2 is 2.11 bits per heavy atom. The molecule has 0 heterocycles. The first-order chi connectivity index (χ1) is 8.47. The Hall–Kier alpha value is -1.75. The summed E-state index contributed by atoms with van der Waals surface area (Å²) in [7, 11) is 1.63. The number of rotatable bonds is 4. The normalized spacial score (nSPS) is 9.94. The number of hydrogen-bond donors (Lipinski definition) is 1. The number of esters is 1. The van der Waals surface area contributed by atoms with E-state index in [1.165, 1.54) is 11.0 Å². The van der Waals surface area contributed by atoms with Crippen molar-refractivity contribution in [2.24, 2.45) is 0 Å². The minimum Gasteiger partial charge on any atom is -0.452 e. The van der Waals surface area contributed by atoms with Gasteiger partial charge in [-0.3, -0.25) is 4.79 Å². The first-order valence-corrected chi connectivity index (χ1v) is 5.80. The van der Waals surface area contributed by atoms with Crippen LogP contribution in [0.25, 0.3) is 0 Å².